The summed E-state index contributed by atoms with van der Waals surface area (Å²) in [5.74, 6) is -0.0686. The van der Waals surface area contributed by atoms with Crippen molar-refractivity contribution in [2.75, 3.05) is 12.0 Å². The molecule has 0 spiro atoms. The van der Waals surface area contributed by atoms with E-state index < -0.39 is 0 Å². The summed E-state index contributed by atoms with van der Waals surface area (Å²) in [6, 6.07) is 15.8. The van der Waals surface area contributed by atoms with E-state index in [1.807, 2.05) is 61.5 Å². The highest BCUT2D eigenvalue weighted by molar-refractivity contribution is 9.10. The maximum atomic E-state index is 12.6. The Morgan fingerprint density at radius 2 is 2.04 bits per heavy atom. The maximum Gasteiger partial charge on any atom is 0.267 e. The van der Waals surface area contributed by atoms with Crippen LogP contribution < -0.4 is 5.32 Å². The van der Waals surface area contributed by atoms with Gasteiger partial charge in [0.15, 0.2) is 0 Å². The van der Waals surface area contributed by atoms with Gasteiger partial charge in [-0.1, -0.05) is 70.2 Å². The predicted molar refractivity (Wildman–Crippen MR) is 109 cm³/mol. The Bertz CT molecular complexity index is 835. The minimum Gasteiger partial charge on any atom is -0.367 e. The van der Waals surface area contributed by atoms with Gasteiger partial charge in [-0.05, 0) is 42.3 Å². The normalized spacial score (nSPS) is 16.1. The molecule has 1 aliphatic heterocycles. The number of aryl methyl sites for hydroxylation is 1. The van der Waals surface area contributed by atoms with Gasteiger partial charge in [0.05, 0.1) is 11.6 Å². The number of thioether (sulfide) groups is 1. The van der Waals surface area contributed by atoms with Crippen LogP contribution in [-0.4, -0.2) is 21.8 Å². The summed E-state index contributed by atoms with van der Waals surface area (Å²) in [7, 11) is 0. The number of anilines is 1. The second kappa shape index (κ2) is 7.51. The number of rotatable bonds is 4. The number of carbonyl (C=O) groups excluding carboxylic acids is 1. The molecule has 0 aliphatic carbocycles. The lowest BCUT2D eigenvalue weighted by Gasteiger charge is -2.16. The average molecular weight is 419 g/mol. The summed E-state index contributed by atoms with van der Waals surface area (Å²) < 4.78 is 1.52. The van der Waals surface area contributed by atoms with Crippen LogP contribution in [0.3, 0.4) is 0 Å². The van der Waals surface area contributed by atoms with E-state index in [1.165, 1.54) is 17.3 Å². The highest BCUT2D eigenvalue weighted by Crippen LogP contribution is 2.33. The van der Waals surface area contributed by atoms with Crippen molar-refractivity contribution in [1.29, 1.82) is 0 Å². The van der Waals surface area contributed by atoms with Gasteiger partial charge >= 0.3 is 0 Å². The first-order valence-corrected chi connectivity index (χ1v) is 9.37. The maximum absolute atomic E-state index is 12.6. The first-order valence-electron chi connectivity index (χ1n) is 7.35. The van der Waals surface area contributed by atoms with Crippen molar-refractivity contribution >= 4 is 61.9 Å². The van der Waals surface area contributed by atoms with Crippen molar-refractivity contribution < 1.29 is 4.79 Å². The van der Waals surface area contributed by atoms with E-state index in [-0.39, 0.29) is 5.91 Å². The van der Waals surface area contributed by atoms with Gasteiger partial charge in [-0.2, -0.15) is 0 Å². The van der Waals surface area contributed by atoms with E-state index in [0.29, 0.717) is 15.9 Å². The Morgan fingerprint density at radius 3 is 2.79 bits per heavy atom. The van der Waals surface area contributed by atoms with Gasteiger partial charge in [0.2, 0.25) is 0 Å². The molecule has 1 heterocycles. The summed E-state index contributed by atoms with van der Waals surface area (Å²) in [6.45, 7) is 2.40. The van der Waals surface area contributed by atoms with E-state index in [1.54, 1.807) is 4.90 Å². The highest BCUT2D eigenvalue weighted by Gasteiger charge is 2.31. The number of halogens is 1. The Labute approximate surface area is 159 Å². The van der Waals surface area contributed by atoms with Crippen molar-refractivity contribution in [3.63, 3.8) is 0 Å². The smallest absolute Gasteiger partial charge is 0.267 e. The third-order valence-corrected chi connectivity index (χ3v) is 5.62. The highest BCUT2D eigenvalue weighted by atomic mass is 79.9. The lowest BCUT2D eigenvalue weighted by molar-refractivity contribution is -0.121. The number of hydrogen-bond donors (Lipinski definition) is 1. The fourth-order valence-electron chi connectivity index (χ4n) is 2.30. The third kappa shape index (κ3) is 3.88. The fourth-order valence-corrected chi connectivity index (χ4v) is 3.94. The fraction of sp³-hybridized carbons (Fsp3) is 0.111. The molecule has 2 aromatic rings. The van der Waals surface area contributed by atoms with E-state index in [2.05, 4.69) is 21.2 Å². The molecule has 6 heteroatoms. The summed E-state index contributed by atoms with van der Waals surface area (Å²) in [4.78, 5) is 14.8. The zero-order valence-electron chi connectivity index (χ0n) is 13.0. The molecule has 122 valence electrons. The average Bonchev–Trinajstić information content (AvgIpc) is 2.82. The van der Waals surface area contributed by atoms with Crippen LogP contribution >= 0.6 is 39.9 Å². The quantitative estimate of drug-likeness (QED) is 0.557. The van der Waals surface area contributed by atoms with Crippen LogP contribution in [0.25, 0.3) is 6.08 Å². The molecule has 0 unspecified atom stereocenters. The summed E-state index contributed by atoms with van der Waals surface area (Å²) >= 11 is 10.2. The summed E-state index contributed by atoms with van der Waals surface area (Å²) in [5, 5.41) is 3.25. The van der Waals surface area contributed by atoms with Crippen LogP contribution in [-0.2, 0) is 4.79 Å². The van der Waals surface area contributed by atoms with Crippen molar-refractivity contribution in [3.8, 4) is 0 Å². The third-order valence-electron chi connectivity index (χ3n) is 3.52. The zero-order chi connectivity index (χ0) is 17.1. The Kier molecular flexibility index (Phi) is 5.38. The first kappa shape index (κ1) is 17.2. The van der Waals surface area contributed by atoms with Crippen molar-refractivity contribution in [3.05, 3.63) is 69.0 Å². The van der Waals surface area contributed by atoms with Crippen LogP contribution in [0.4, 0.5) is 5.69 Å². The first-order chi connectivity index (χ1) is 11.5. The molecule has 3 rings (SSSR count). The second-order valence-electron chi connectivity index (χ2n) is 5.34. The number of nitrogens with zero attached hydrogens (tertiary/aromatic N) is 1. The number of thiocarbonyl (C=S) groups is 1. The molecule has 1 amide bonds. The molecule has 24 heavy (non-hydrogen) atoms. The van der Waals surface area contributed by atoms with Gasteiger partial charge in [-0.25, -0.2) is 0 Å². The molecule has 3 nitrogen and oxygen atoms in total. The van der Waals surface area contributed by atoms with Crippen molar-refractivity contribution in [1.82, 2.24) is 4.90 Å². The lowest BCUT2D eigenvalue weighted by Crippen LogP contribution is -2.33. The van der Waals surface area contributed by atoms with Crippen LogP contribution in [0.2, 0.25) is 0 Å². The Hall–Kier alpha value is -1.63. The van der Waals surface area contributed by atoms with Crippen LogP contribution in [0.5, 0.6) is 0 Å². The zero-order valence-corrected chi connectivity index (χ0v) is 16.2. The van der Waals surface area contributed by atoms with Crippen molar-refractivity contribution in [2.45, 2.75) is 6.92 Å². The molecule has 0 aromatic heterocycles. The van der Waals surface area contributed by atoms with Gasteiger partial charge in [0, 0.05) is 10.2 Å². The molecular formula is C18H15BrN2OS2. The lowest BCUT2D eigenvalue weighted by atomic mass is 10.2. The molecule has 1 aliphatic rings. The summed E-state index contributed by atoms with van der Waals surface area (Å²) in [5.41, 5.74) is 3.10. The molecule has 2 aromatic carbocycles. The standard InChI is InChI=1S/C18H15BrN2OS2/c1-12-5-4-7-14(9-12)20-11-21-17(22)16(24-18(21)23)10-13-6-2-3-8-15(13)19/h2-10,20H,11H2,1H3/b16-10-. The Morgan fingerprint density at radius 1 is 1.25 bits per heavy atom. The minimum atomic E-state index is -0.0686. The SMILES string of the molecule is Cc1cccc(NCN2C(=O)/C(=C/c3ccccc3Br)SC2=S)c1. The predicted octanol–water partition coefficient (Wildman–Crippen LogP) is 5.03. The van der Waals surface area contributed by atoms with Crippen LogP contribution in [0, 0.1) is 6.92 Å². The molecule has 0 bridgehead atoms. The van der Waals surface area contributed by atoms with E-state index in [4.69, 9.17) is 12.2 Å². The number of hydrogen-bond acceptors (Lipinski definition) is 4. The minimum absolute atomic E-state index is 0.0686. The van der Waals surface area contributed by atoms with Crippen LogP contribution in [0.15, 0.2) is 57.9 Å². The van der Waals surface area contributed by atoms with E-state index in [9.17, 15) is 4.79 Å². The molecule has 0 radical (unpaired) electrons. The molecule has 0 atom stereocenters. The second-order valence-corrected chi connectivity index (χ2v) is 7.87. The van der Waals surface area contributed by atoms with E-state index in [0.717, 1.165) is 15.7 Å². The molecule has 1 fully saturated rings. The molecule has 1 saturated heterocycles. The topological polar surface area (TPSA) is 32.3 Å². The van der Waals surface area contributed by atoms with Gasteiger partial charge in [0.1, 0.15) is 4.32 Å². The largest absolute Gasteiger partial charge is 0.367 e. The van der Waals surface area contributed by atoms with E-state index >= 15 is 0 Å². The van der Waals surface area contributed by atoms with Crippen molar-refractivity contribution in [2.24, 2.45) is 0 Å². The number of benzene rings is 2. The number of nitrogens with one attached hydrogen (secondary N) is 1. The molecule has 1 N–H and O–H groups in total. The molecular weight excluding hydrogens is 404 g/mol. The Balaban J connectivity index is 1.73. The monoisotopic (exact) mass is 418 g/mol. The van der Waals surface area contributed by atoms with Gasteiger partial charge in [-0.3, -0.25) is 9.69 Å². The van der Waals surface area contributed by atoms with Gasteiger partial charge in [-0.15, -0.1) is 0 Å². The number of carbonyl (C=O) groups is 1. The summed E-state index contributed by atoms with van der Waals surface area (Å²) in [6.07, 6.45) is 1.87. The number of amides is 1. The van der Waals surface area contributed by atoms with Crippen LogP contribution in [0.1, 0.15) is 11.1 Å². The van der Waals surface area contributed by atoms with Gasteiger partial charge in [0.25, 0.3) is 5.91 Å². The van der Waals surface area contributed by atoms with Gasteiger partial charge < -0.3 is 5.32 Å². The molecule has 0 saturated carbocycles.